The van der Waals surface area contributed by atoms with E-state index >= 15 is 0 Å². The lowest BCUT2D eigenvalue weighted by Gasteiger charge is -2.13. The summed E-state index contributed by atoms with van der Waals surface area (Å²) >= 11 is 3.36. The summed E-state index contributed by atoms with van der Waals surface area (Å²) in [6, 6.07) is 10.1. The molecule has 3 aromatic heterocycles. The molecule has 0 unspecified atom stereocenters. The molecule has 1 amide bonds. The van der Waals surface area contributed by atoms with Gasteiger partial charge in [-0.1, -0.05) is 12.1 Å². The number of para-hydroxylation sites is 1. The van der Waals surface area contributed by atoms with Crippen LogP contribution in [0.25, 0.3) is 21.5 Å². The van der Waals surface area contributed by atoms with Gasteiger partial charge in [0.05, 0.1) is 22.3 Å². The SMILES string of the molecule is O=C(c1cc(-c2csc(Cc3nc4ccccc4s3)n2)c[nH]1)N1CCCC1. The van der Waals surface area contributed by atoms with Gasteiger partial charge in [0.25, 0.3) is 5.91 Å². The molecule has 0 spiro atoms. The van der Waals surface area contributed by atoms with Crippen LogP contribution in [0.15, 0.2) is 41.9 Å². The molecule has 7 heteroatoms. The number of amides is 1. The Balaban J connectivity index is 1.33. The van der Waals surface area contributed by atoms with Crippen LogP contribution in [-0.2, 0) is 6.42 Å². The number of benzene rings is 1. The van der Waals surface area contributed by atoms with Crippen LogP contribution in [0.5, 0.6) is 0 Å². The van der Waals surface area contributed by atoms with Gasteiger partial charge in [0.1, 0.15) is 15.7 Å². The van der Waals surface area contributed by atoms with E-state index in [4.69, 9.17) is 9.97 Å². The Kier molecular flexibility index (Phi) is 4.26. The first kappa shape index (κ1) is 16.6. The van der Waals surface area contributed by atoms with E-state index in [-0.39, 0.29) is 5.91 Å². The summed E-state index contributed by atoms with van der Waals surface area (Å²) in [5.74, 6) is 0.0867. The van der Waals surface area contributed by atoms with Gasteiger partial charge in [0.2, 0.25) is 0 Å². The number of fused-ring (bicyclic) bond motifs is 1. The number of H-pyrrole nitrogens is 1. The van der Waals surface area contributed by atoms with Gasteiger partial charge in [0.15, 0.2) is 0 Å². The minimum absolute atomic E-state index is 0.0867. The smallest absolute Gasteiger partial charge is 0.270 e. The van der Waals surface area contributed by atoms with Gasteiger partial charge in [-0.25, -0.2) is 9.97 Å². The number of aromatic nitrogens is 3. The predicted octanol–water partition coefficient (Wildman–Crippen LogP) is 4.57. The highest BCUT2D eigenvalue weighted by Gasteiger charge is 2.21. The highest BCUT2D eigenvalue weighted by molar-refractivity contribution is 7.18. The number of hydrogen-bond donors (Lipinski definition) is 1. The molecule has 27 heavy (non-hydrogen) atoms. The zero-order chi connectivity index (χ0) is 18.2. The predicted molar refractivity (Wildman–Crippen MR) is 109 cm³/mol. The number of carbonyl (C=O) groups is 1. The normalized spacial score (nSPS) is 14.3. The number of nitrogens with zero attached hydrogens (tertiary/aromatic N) is 3. The van der Waals surface area contributed by atoms with Gasteiger partial charge in [-0.15, -0.1) is 22.7 Å². The summed E-state index contributed by atoms with van der Waals surface area (Å²) in [6.45, 7) is 1.71. The average molecular weight is 395 g/mol. The number of aromatic amines is 1. The van der Waals surface area contributed by atoms with Crippen molar-refractivity contribution in [1.82, 2.24) is 19.9 Å². The van der Waals surface area contributed by atoms with Gasteiger partial charge in [0, 0.05) is 30.2 Å². The number of nitrogens with one attached hydrogen (secondary N) is 1. The lowest BCUT2D eigenvalue weighted by molar-refractivity contribution is 0.0788. The van der Waals surface area contributed by atoms with Crippen molar-refractivity contribution in [3.8, 4) is 11.3 Å². The summed E-state index contributed by atoms with van der Waals surface area (Å²) in [4.78, 5) is 27.0. The highest BCUT2D eigenvalue weighted by atomic mass is 32.1. The molecule has 5 nitrogen and oxygen atoms in total. The van der Waals surface area contributed by atoms with Crippen LogP contribution >= 0.6 is 22.7 Å². The zero-order valence-corrected chi connectivity index (χ0v) is 16.3. The van der Waals surface area contributed by atoms with Crippen LogP contribution in [0.1, 0.15) is 33.3 Å². The Morgan fingerprint density at radius 3 is 2.85 bits per heavy atom. The number of hydrogen-bond acceptors (Lipinski definition) is 5. The van der Waals surface area contributed by atoms with Crippen molar-refractivity contribution < 1.29 is 4.79 Å². The van der Waals surface area contributed by atoms with Gasteiger partial charge in [-0.05, 0) is 31.0 Å². The molecule has 1 fully saturated rings. The van der Waals surface area contributed by atoms with Crippen LogP contribution in [0, 0.1) is 0 Å². The van der Waals surface area contributed by atoms with Crippen molar-refractivity contribution in [3.63, 3.8) is 0 Å². The maximum absolute atomic E-state index is 12.5. The molecule has 1 aliphatic heterocycles. The van der Waals surface area contributed by atoms with Gasteiger partial charge < -0.3 is 9.88 Å². The number of rotatable bonds is 4. The van der Waals surface area contributed by atoms with Crippen LogP contribution in [0.2, 0.25) is 0 Å². The second kappa shape index (κ2) is 6.90. The second-order valence-corrected chi connectivity index (χ2v) is 8.74. The van der Waals surface area contributed by atoms with E-state index in [0.29, 0.717) is 5.69 Å². The van der Waals surface area contributed by atoms with Crippen LogP contribution in [-0.4, -0.2) is 38.8 Å². The molecule has 1 saturated heterocycles. The van der Waals surface area contributed by atoms with Crippen molar-refractivity contribution in [2.75, 3.05) is 13.1 Å². The molecular formula is C20H18N4OS2. The molecule has 4 aromatic rings. The van der Waals surface area contributed by atoms with Gasteiger partial charge >= 0.3 is 0 Å². The van der Waals surface area contributed by atoms with Gasteiger partial charge in [-0.3, -0.25) is 4.79 Å². The monoisotopic (exact) mass is 394 g/mol. The Morgan fingerprint density at radius 2 is 2.00 bits per heavy atom. The van der Waals surface area contributed by atoms with Gasteiger partial charge in [-0.2, -0.15) is 0 Å². The highest BCUT2D eigenvalue weighted by Crippen LogP contribution is 2.28. The summed E-state index contributed by atoms with van der Waals surface area (Å²) in [5.41, 5.74) is 3.56. The number of carbonyl (C=O) groups excluding carboxylic acids is 1. The molecule has 0 atom stereocenters. The molecule has 1 aromatic carbocycles. The van der Waals surface area contributed by atoms with Crippen LogP contribution in [0.3, 0.4) is 0 Å². The fourth-order valence-corrected chi connectivity index (χ4v) is 5.28. The van der Waals surface area contributed by atoms with E-state index in [2.05, 4.69) is 16.4 Å². The second-order valence-electron chi connectivity index (χ2n) is 6.68. The molecular weight excluding hydrogens is 376 g/mol. The van der Waals surface area contributed by atoms with Crippen LogP contribution < -0.4 is 0 Å². The molecule has 0 aliphatic carbocycles. The van der Waals surface area contributed by atoms with Crippen molar-refractivity contribution in [3.05, 3.63) is 57.6 Å². The topological polar surface area (TPSA) is 61.9 Å². The van der Waals surface area contributed by atoms with Crippen molar-refractivity contribution >= 4 is 38.8 Å². The average Bonchev–Trinajstić information content (AvgIpc) is 3.46. The standard InChI is InChI=1S/C20H18N4OS2/c25-20(24-7-3-4-8-24)15-9-13(11-21-15)16-12-26-18(23-16)10-19-22-14-5-1-2-6-17(14)27-19/h1-2,5-6,9,11-12,21H,3-4,7-8,10H2. The lowest BCUT2D eigenvalue weighted by atomic mass is 10.2. The minimum Gasteiger partial charge on any atom is -0.357 e. The maximum atomic E-state index is 12.5. The van der Waals surface area contributed by atoms with E-state index in [0.717, 1.165) is 59.1 Å². The number of thiazole rings is 2. The first-order valence-electron chi connectivity index (χ1n) is 9.03. The fourth-order valence-electron chi connectivity index (χ4n) is 3.41. The first-order valence-corrected chi connectivity index (χ1v) is 10.7. The molecule has 136 valence electrons. The van der Waals surface area contributed by atoms with E-state index in [1.54, 1.807) is 22.7 Å². The Labute approximate surface area is 164 Å². The summed E-state index contributed by atoms with van der Waals surface area (Å²) in [7, 11) is 0. The fraction of sp³-hybridized carbons (Fsp3) is 0.250. The Morgan fingerprint density at radius 1 is 1.15 bits per heavy atom. The van der Waals surface area contributed by atoms with Crippen molar-refractivity contribution in [2.24, 2.45) is 0 Å². The van der Waals surface area contributed by atoms with E-state index in [1.165, 1.54) is 4.70 Å². The lowest BCUT2D eigenvalue weighted by Crippen LogP contribution is -2.27. The Bertz CT molecular complexity index is 1070. The van der Waals surface area contributed by atoms with E-state index in [9.17, 15) is 4.79 Å². The third-order valence-corrected chi connectivity index (χ3v) is 6.68. The summed E-state index contributed by atoms with van der Waals surface area (Å²) in [6.07, 6.45) is 4.81. The third-order valence-electron chi connectivity index (χ3n) is 4.79. The molecule has 0 radical (unpaired) electrons. The molecule has 1 N–H and O–H groups in total. The first-order chi connectivity index (χ1) is 13.3. The summed E-state index contributed by atoms with van der Waals surface area (Å²) in [5, 5.41) is 4.17. The van der Waals surface area contributed by atoms with Crippen LogP contribution in [0.4, 0.5) is 0 Å². The van der Waals surface area contributed by atoms with E-state index < -0.39 is 0 Å². The molecule has 4 heterocycles. The van der Waals surface area contributed by atoms with Crippen molar-refractivity contribution in [2.45, 2.75) is 19.3 Å². The largest absolute Gasteiger partial charge is 0.357 e. The molecule has 0 bridgehead atoms. The molecule has 1 aliphatic rings. The quantitative estimate of drug-likeness (QED) is 0.551. The number of likely N-dealkylation sites (tertiary alicyclic amines) is 1. The Hall–Kier alpha value is -2.51. The maximum Gasteiger partial charge on any atom is 0.270 e. The van der Waals surface area contributed by atoms with Crippen molar-refractivity contribution in [1.29, 1.82) is 0 Å². The molecule has 0 saturated carbocycles. The third kappa shape index (κ3) is 3.28. The summed E-state index contributed by atoms with van der Waals surface area (Å²) < 4.78 is 1.21. The van der Waals surface area contributed by atoms with E-state index in [1.807, 2.05) is 35.4 Å². The minimum atomic E-state index is 0.0867. The molecule has 5 rings (SSSR count). The zero-order valence-electron chi connectivity index (χ0n) is 14.6.